The minimum atomic E-state index is -5.26. The molecule has 1 heterocycles. The molecular weight excluding hydrogens is 525 g/mol. The van der Waals surface area contributed by atoms with Crippen molar-refractivity contribution in [3.63, 3.8) is 0 Å². The number of pyridine rings is 1. The van der Waals surface area contributed by atoms with E-state index in [0.717, 1.165) is 23.4 Å². The van der Waals surface area contributed by atoms with Crippen LogP contribution in [0.25, 0.3) is 0 Å². The number of rotatable bonds is 10. The number of alkyl halides is 3. The SMILES string of the molecule is CC(C)(CC(=O)OOC(=O)C(F)(F)F)Cc1ccc(OCCCNc2ccccn2)cc1C#Cc1ccccc1. The second-order valence-electron chi connectivity index (χ2n) is 9.62. The van der Waals surface area contributed by atoms with Gasteiger partial charge in [0.05, 0.1) is 13.0 Å². The van der Waals surface area contributed by atoms with Gasteiger partial charge in [0.2, 0.25) is 0 Å². The predicted octanol–water partition coefficient (Wildman–Crippen LogP) is 5.88. The van der Waals surface area contributed by atoms with Crippen LogP contribution in [0.15, 0.2) is 72.9 Å². The number of ether oxygens (including phenoxy) is 1. The normalized spacial score (nSPS) is 11.1. The van der Waals surface area contributed by atoms with Crippen molar-refractivity contribution in [2.24, 2.45) is 5.41 Å². The molecule has 0 saturated heterocycles. The molecule has 0 spiro atoms. The molecule has 10 heteroatoms. The summed E-state index contributed by atoms with van der Waals surface area (Å²) in [4.78, 5) is 34.8. The molecular formula is C30H29F3N2O5. The monoisotopic (exact) mass is 554 g/mol. The molecule has 0 aliphatic carbocycles. The van der Waals surface area contributed by atoms with Crippen LogP contribution >= 0.6 is 0 Å². The Morgan fingerprint density at radius 3 is 2.40 bits per heavy atom. The Kier molecular flexibility index (Phi) is 10.5. The molecule has 210 valence electrons. The molecule has 40 heavy (non-hydrogen) atoms. The molecule has 1 N–H and O–H groups in total. The molecule has 7 nitrogen and oxygen atoms in total. The molecule has 3 aromatic rings. The van der Waals surface area contributed by atoms with E-state index in [1.54, 1.807) is 26.1 Å². The fourth-order valence-electron chi connectivity index (χ4n) is 3.65. The summed E-state index contributed by atoms with van der Waals surface area (Å²) in [7, 11) is 0. The predicted molar refractivity (Wildman–Crippen MR) is 142 cm³/mol. The van der Waals surface area contributed by atoms with Gasteiger partial charge in [-0.15, -0.1) is 0 Å². The van der Waals surface area contributed by atoms with Crippen molar-refractivity contribution < 1.29 is 37.3 Å². The Balaban J connectivity index is 1.66. The number of carbonyl (C=O) groups is 2. The lowest BCUT2D eigenvalue weighted by Gasteiger charge is -2.24. The first kappa shape index (κ1) is 30.0. The highest BCUT2D eigenvalue weighted by Crippen LogP contribution is 2.30. The van der Waals surface area contributed by atoms with Crippen LogP contribution in [-0.4, -0.2) is 36.3 Å². The summed E-state index contributed by atoms with van der Waals surface area (Å²) >= 11 is 0. The number of anilines is 1. The van der Waals surface area contributed by atoms with Crippen LogP contribution in [0.2, 0.25) is 0 Å². The Morgan fingerprint density at radius 2 is 1.70 bits per heavy atom. The number of aromatic nitrogens is 1. The molecule has 2 aromatic carbocycles. The number of hydrogen-bond donors (Lipinski definition) is 1. The van der Waals surface area contributed by atoms with Crippen molar-refractivity contribution in [1.82, 2.24) is 4.98 Å². The van der Waals surface area contributed by atoms with E-state index in [1.807, 2.05) is 60.7 Å². The van der Waals surface area contributed by atoms with Crippen molar-refractivity contribution in [2.45, 2.75) is 39.3 Å². The van der Waals surface area contributed by atoms with Gasteiger partial charge in [-0.3, -0.25) is 0 Å². The number of carbonyl (C=O) groups excluding carboxylic acids is 2. The Morgan fingerprint density at radius 1 is 0.950 bits per heavy atom. The van der Waals surface area contributed by atoms with Gasteiger partial charge in [-0.05, 0) is 60.2 Å². The first-order valence-electron chi connectivity index (χ1n) is 12.5. The molecule has 0 atom stereocenters. The molecule has 0 amide bonds. The second-order valence-corrected chi connectivity index (χ2v) is 9.62. The molecule has 3 rings (SSSR count). The van der Waals surface area contributed by atoms with Gasteiger partial charge >= 0.3 is 18.1 Å². The highest BCUT2D eigenvalue weighted by Gasteiger charge is 2.43. The van der Waals surface area contributed by atoms with Crippen molar-refractivity contribution in [3.8, 4) is 17.6 Å². The lowest BCUT2D eigenvalue weighted by Crippen LogP contribution is -2.28. The summed E-state index contributed by atoms with van der Waals surface area (Å²) < 4.78 is 42.8. The van der Waals surface area contributed by atoms with E-state index in [2.05, 4.69) is 31.9 Å². The third-order valence-corrected chi connectivity index (χ3v) is 5.49. The number of benzene rings is 2. The van der Waals surface area contributed by atoms with Crippen LogP contribution in [-0.2, 0) is 25.8 Å². The topological polar surface area (TPSA) is 86.8 Å². The zero-order chi connectivity index (χ0) is 29.0. The van der Waals surface area contributed by atoms with Crippen LogP contribution in [0.5, 0.6) is 5.75 Å². The summed E-state index contributed by atoms with van der Waals surface area (Å²) in [5.41, 5.74) is 1.54. The van der Waals surface area contributed by atoms with Gasteiger partial charge in [0.25, 0.3) is 0 Å². The largest absolute Gasteiger partial charge is 0.495 e. The van der Waals surface area contributed by atoms with Gasteiger partial charge in [0.15, 0.2) is 0 Å². The quantitative estimate of drug-likeness (QED) is 0.145. The van der Waals surface area contributed by atoms with E-state index < -0.39 is 23.5 Å². The molecule has 0 aliphatic rings. The number of nitrogens with one attached hydrogen (secondary N) is 1. The fraction of sp³-hybridized carbons (Fsp3) is 0.300. The van der Waals surface area contributed by atoms with E-state index >= 15 is 0 Å². The summed E-state index contributed by atoms with van der Waals surface area (Å²) in [6.45, 7) is 4.62. The standard InChI is InChI=1S/C30H29F3N2O5/c1-29(2,21-27(36)39-40-28(37)30(31,32)33)20-24-14-15-25(19-23(24)13-12-22-9-4-3-5-10-22)38-18-8-17-35-26-11-6-7-16-34-26/h3-7,9-11,14-16,19H,8,17-18,20-21H2,1-2H3,(H,34,35). The molecule has 0 radical (unpaired) electrons. The van der Waals surface area contributed by atoms with Gasteiger partial charge in [-0.25, -0.2) is 24.3 Å². The van der Waals surface area contributed by atoms with Crippen molar-refractivity contribution in [2.75, 3.05) is 18.5 Å². The van der Waals surface area contributed by atoms with Crippen LogP contribution < -0.4 is 10.1 Å². The Labute approximate surface area is 230 Å². The summed E-state index contributed by atoms with van der Waals surface area (Å²) in [5.74, 6) is 4.00. The summed E-state index contributed by atoms with van der Waals surface area (Å²) in [5, 5.41) is 3.22. The minimum Gasteiger partial charge on any atom is -0.493 e. The van der Waals surface area contributed by atoms with Crippen LogP contribution in [0.1, 0.15) is 43.4 Å². The van der Waals surface area contributed by atoms with Crippen molar-refractivity contribution in [3.05, 3.63) is 89.6 Å². The van der Waals surface area contributed by atoms with Gasteiger partial charge in [0.1, 0.15) is 11.6 Å². The van der Waals surface area contributed by atoms with Crippen molar-refractivity contribution in [1.29, 1.82) is 0 Å². The molecule has 0 bridgehead atoms. The maximum absolute atomic E-state index is 12.3. The zero-order valence-corrected chi connectivity index (χ0v) is 22.1. The molecule has 0 fully saturated rings. The van der Waals surface area contributed by atoms with E-state index in [0.29, 0.717) is 30.9 Å². The smallest absolute Gasteiger partial charge is 0.493 e. The molecule has 0 saturated carbocycles. The average Bonchev–Trinajstić information content (AvgIpc) is 2.91. The summed E-state index contributed by atoms with van der Waals surface area (Å²) in [6.07, 6.45) is -2.78. The lowest BCUT2D eigenvalue weighted by atomic mass is 9.81. The Bertz CT molecular complexity index is 1330. The lowest BCUT2D eigenvalue weighted by molar-refractivity contribution is -0.286. The van der Waals surface area contributed by atoms with E-state index in [1.165, 1.54) is 0 Å². The van der Waals surface area contributed by atoms with Crippen LogP contribution in [0.3, 0.4) is 0 Å². The third kappa shape index (κ3) is 10.3. The van der Waals surface area contributed by atoms with Gasteiger partial charge < -0.3 is 10.1 Å². The third-order valence-electron chi connectivity index (χ3n) is 5.49. The summed E-state index contributed by atoms with van der Waals surface area (Å²) in [6, 6.07) is 20.5. The van der Waals surface area contributed by atoms with Crippen LogP contribution in [0.4, 0.5) is 19.0 Å². The molecule has 0 unspecified atom stereocenters. The Hall–Kier alpha value is -4.52. The highest BCUT2D eigenvalue weighted by atomic mass is 19.4. The fourth-order valence-corrected chi connectivity index (χ4v) is 3.65. The van der Waals surface area contributed by atoms with Crippen molar-refractivity contribution >= 4 is 17.8 Å². The van der Waals surface area contributed by atoms with E-state index in [-0.39, 0.29) is 6.42 Å². The molecule has 0 aliphatic heterocycles. The number of nitrogens with zero attached hydrogens (tertiary/aromatic N) is 1. The number of hydrogen-bond acceptors (Lipinski definition) is 7. The maximum Gasteiger partial charge on any atom is 0.495 e. The van der Waals surface area contributed by atoms with Crippen LogP contribution in [0, 0.1) is 17.3 Å². The maximum atomic E-state index is 12.3. The van der Waals surface area contributed by atoms with Gasteiger partial charge in [-0.1, -0.05) is 56.0 Å². The highest BCUT2D eigenvalue weighted by molar-refractivity contribution is 5.77. The van der Waals surface area contributed by atoms with E-state index in [9.17, 15) is 22.8 Å². The first-order chi connectivity index (χ1) is 19.0. The van der Waals surface area contributed by atoms with Gasteiger partial charge in [0, 0.05) is 23.9 Å². The number of halogens is 3. The minimum absolute atomic E-state index is 0.300. The van der Waals surface area contributed by atoms with Gasteiger partial charge in [-0.2, -0.15) is 13.2 Å². The first-order valence-corrected chi connectivity index (χ1v) is 12.5. The second kappa shape index (κ2) is 14.0. The zero-order valence-electron chi connectivity index (χ0n) is 22.1. The molecule has 1 aromatic heterocycles. The average molecular weight is 555 g/mol. The van der Waals surface area contributed by atoms with E-state index in [4.69, 9.17) is 4.74 Å².